The summed E-state index contributed by atoms with van der Waals surface area (Å²) in [5, 5.41) is 17.1. The number of nitriles is 1. The van der Waals surface area contributed by atoms with E-state index in [-0.39, 0.29) is 12.0 Å². The van der Waals surface area contributed by atoms with Gasteiger partial charge in [-0.1, -0.05) is 71.3 Å². The number of aliphatic imine (C=N–C) groups is 2. The zero-order chi connectivity index (χ0) is 37.1. The highest BCUT2D eigenvalue weighted by Gasteiger charge is 2.33. The van der Waals surface area contributed by atoms with Gasteiger partial charge in [-0.3, -0.25) is 9.98 Å². The molecule has 0 saturated heterocycles. The average Bonchev–Trinajstić information content (AvgIpc) is 3.12. The molecule has 9 heteroatoms. The third-order valence-electron chi connectivity index (χ3n) is 9.37. The van der Waals surface area contributed by atoms with Gasteiger partial charge in [0.15, 0.2) is 12.0 Å². The van der Waals surface area contributed by atoms with E-state index in [2.05, 4.69) is 88.1 Å². The van der Waals surface area contributed by atoms with Crippen molar-refractivity contribution in [3.8, 4) is 18.4 Å². The van der Waals surface area contributed by atoms with Gasteiger partial charge in [0.05, 0.1) is 23.7 Å². The van der Waals surface area contributed by atoms with Gasteiger partial charge in [0.25, 0.3) is 0 Å². The van der Waals surface area contributed by atoms with Crippen LogP contribution in [-0.2, 0) is 9.47 Å². The summed E-state index contributed by atoms with van der Waals surface area (Å²) >= 11 is 4.46. The Bertz CT molecular complexity index is 1420. The van der Waals surface area contributed by atoms with Gasteiger partial charge in [-0.2, -0.15) is 17.9 Å². The maximum atomic E-state index is 10.1. The summed E-state index contributed by atoms with van der Waals surface area (Å²) < 4.78 is 12.0. The van der Waals surface area contributed by atoms with Crippen LogP contribution in [0.15, 0.2) is 80.3 Å². The molecule has 0 bridgehead atoms. The number of allylic oxidation sites excluding steroid dienone is 8. The van der Waals surface area contributed by atoms with Crippen molar-refractivity contribution >= 4 is 24.7 Å². The Hall–Kier alpha value is -3.34. The van der Waals surface area contributed by atoms with Crippen LogP contribution in [0, 0.1) is 41.4 Å². The lowest BCUT2D eigenvalue weighted by Gasteiger charge is -2.31. The van der Waals surface area contributed by atoms with Crippen LogP contribution in [0.5, 0.6) is 0 Å². The number of ether oxygens (including phenoxy) is 2. The van der Waals surface area contributed by atoms with Gasteiger partial charge in [0.2, 0.25) is 0 Å². The highest BCUT2D eigenvalue weighted by Crippen LogP contribution is 2.36. The second-order valence-electron chi connectivity index (χ2n) is 13.1. The maximum absolute atomic E-state index is 10.1. The van der Waals surface area contributed by atoms with Crippen LogP contribution >= 0.6 is 12.6 Å². The molecule has 50 heavy (non-hydrogen) atoms. The second-order valence-corrected chi connectivity index (χ2v) is 13.6. The number of thiol groups is 1. The number of hydrogen-bond acceptors (Lipinski definition) is 8. The molecule has 0 aromatic rings. The highest BCUT2D eigenvalue weighted by atomic mass is 32.1. The van der Waals surface area contributed by atoms with E-state index in [0.717, 1.165) is 72.4 Å². The lowest BCUT2D eigenvalue weighted by atomic mass is 9.81. The van der Waals surface area contributed by atoms with E-state index < -0.39 is 24.1 Å². The van der Waals surface area contributed by atoms with Crippen molar-refractivity contribution in [3.05, 3.63) is 70.3 Å². The van der Waals surface area contributed by atoms with Crippen molar-refractivity contribution in [1.29, 1.82) is 5.26 Å². The number of methoxy groups -OCH3 is 1. The molecule has 0 spiro atoms. The van der Waals surface area contributed by atoms with Crippen LogP contribution < -0.4 is 16.4 Å². The Kier molecular flexibility index (Phi) is 19.9. The number of nitrogens with two attached hydrogens (primary N) is 1. The van der Waals surface area contributed by atoms with Crippen LogP contribution in [0.1, 0.15) is 87.0 Å². The van der Waals surface area contributed by atoms with Gasteiger partial charge >= 0.3 is 0 Å². The van der Waals surface area contributed by atoms with Crippen molar-refractivity contribution in [2.45, 2.75) is 111 Å². The summed E-state index contributed by atoms with van der Waals surface area (Å²) in [7, 11) is 1.56. The van der Waals surface area contributed by atoms with E-state index in [0.29, 0.717) is 30.7 Å². The number of rotatable bonds is 20. The van der Waals surface area contributed by atoms with Gasteiger partial charge in [-0.25, -0.2) is 0 Å². The topological polar surface area (TPSA) is 117 Å². The number of amidine groups is 1. The Morgan fingerprint density at radius 3 is 2.62 bits per heavy atom. The molecule has 1 aliphatic heterocycles. The molecule has 0 amide bonds. The first-order valence-corrected chi connectivity index (χ1v) is 18.9. The Morgan fingerprint density at radius 2 is 2.02 bits per heavy atom. The van der Waals surface area contributed by atoms with Gasteiger partial charge in [0, 0.05) is 42.5 Å². The molecule has 274 valence electrons. The second kappa shape index (κ2) is 23.2. The van der Waals surface area contributed by atoms with Crippen molar-refractivity contribution in [1.82, 2.24) is 10.6 Å². The third-order valence-corrected chi connectivity index (χ3v) is 9.63. The highest BCUT2D eigenvalue weighted by molar-refractivity contribution is 7.80. The number of nitrogens with zero attached hydrogens (tertiary/aromatic N) is 3. The molecular formula is C41H62N6O2S. The minimum absolute atomic E-state index is 0.113. The molecule has 2 rings (SSSR count). The fourth-order valence-electron chi connectivity index (χ4n) is 5.97. The quantitative estimate of drug-likeness (QED) is 0.0341. The maximum Gasteiger partial charge on any atom is 0.187 e. The predicted molar refractivity (Wildman–Crippen MR) is 214 cm³/mol. The first-order valence-electron chi connectivity index (χ1n) is 18.3. The number of terminal acetylenes is 1. The smallest absolute Gasteiger partial charge is 0.187 e. The summed E-state index contributed by atoms with van der Waals surface area (Å²) in [6.07, 6.45) is 24.8. The first-order chi connectivity index (χ1) is 24.1. The molecule has 0 aromatic carbocycles. The number of hydrogen-bond donors (Lipinski definition) is 4. The molecule has 5 unspecified atom stereocenters. The average molecular weight is 703 g/mol. The SMILES string of the molecule is C#CC1=CC=CC(C)/C1=C(\C=C/CC)C1=C(C)C(N)C(C(=NC(CC[C@H](C)CC)C(C#N)OC)N/C(=C\C)OC[C@@H](CCS)NCCC)C=N1. The van der Waals surface area contributed by atoms with E-state index in [1.165, 1.54) is 0 Å². The fraction of sp³-hybridized carbons (Fsp3) is 0.585. The summed E-state index contributed by atoms with van der Waals surface area (Å²) in [4.78, 5) is 10.3. The number of nitrogens with one attached hydrogen (secondary N) is 2. The minimum atomic E-state index is -0.724. The molecule has 1 aliphatic carbocycles. The van der Waals surface area contributed by atoms with Crippen molar-refractivity contribution in [2.75, 3.05) is 26.0 Å². The van der Waals surface area contributed by atoms with E-state index in [1.54, 1.807) is 7.11 Å². The molecule has 0 aromatic heterocycles. The van der Waals surface area contributed by atoms with E-state index >= 15 is 0 Å². The first kappa shape index (κ1) is 42.8. The molecule has 8 nitrogen and oxygen atoms in total. The normalized spacial score (nSPS) is 23.2. The lowest BCUT2D eigenvalue weighted by molar-refractivity contribution is 0.119. The van der Waals surface area contributed by atoms with Crippen LogP contribution in [0.4, 0.5) is 0 Å². The van der Waals surface area contributed by atoms with Crippen LogP contribution in [0.25, 0.3) is 0 Å². The third kappa shape index (κ3) is 12.5. The Morgan fingerprint density at radius 1 is 1.26 bits per heavy atom. The molecular weight excluding hydrogens is 641 g/mol. The predicted octanol–water partition coefficient (Wildman–Crippen LogP) is 7.60. The van der Waals surface area contributed by atoms with Crippen molar-refractivity contribution < 1.29 is 9.47 Å². The van der Waals surface area contributed by atoms with Crippen molar-refractivity contribution in [2.24, 2.45) is 33.5 Å². The summed E-state index contributed by atoms with van der Waals surface area (Å²) in [6.45, 7) is 16.1. The molecule has 0 fully saturated rings. The van der Waals surface area contributed by atoms with Gasteiger partial charge in [0.1, 0.15) is 12.4 Å². The van der Waals surface area contributed by atoms with Gasteiger partial charge < -0.3 is 25.8 Å². The van der Waals surface area contributed by atoms with Crippen LogP contribution in [-0.4, -0.2) is 62.3 Å². The molecule has 0 radical (unpaired) electrons. The van der Waals surface area contributed by atoms with Crippen molar-refractivity contribution in [3.63, 3.8) is 0 Å². The molecule has 2 aliphatic rings. The fourth-order valence-corrected chi connectivity index (χ4v) is 6.28. The van der Waals surface area contributed by atoms with Crippen LogP contribution in [0.2, 0.25) is 0 Å². The van der Waals surface area contributed by atoms with Gasteiger partial charge in [-0.05, 0) is 87.5 Å². The zero-order valence-corrected chi connectivity index (χ0v) is 32.6. The van der Waals surface area contributed by atoms with E-state index in [4.69, 9.17) is 31.6 Å². The lowest BCUT2D eigenvalue weighted by Crippen LogP contribution is -2.47. The zero-order valence-electron chi connectivity index (χ0n) is 31.7. The summed E-state index contributed by atoms with van der Waals surface area (Å²) in [5.41, 5.74) is 11.8. The van der Waals surface area contributed by atoms with Crippen LogP contribution in [0.3, 0.4) is 0 Å². The molecule has 7 atom stereocenters. The monoisotopic (exact) mass is 702 g/mol. The largest absolute Gasteiger partial charge is 0.478 e. The van der Waals surface area contributed by atoms with E-state index in [1.807, 2.05) is 38.3 Å². The molecule has 1 heterocycles. The standard InChI is InChI=1S/C41H62N6O2S/c1-10-15-19-33(38-29(7)17-16-18-31(38)13-4)40-30(8)39(43)34(26-45-40)41(46-35(36(25-42)48-9)21-20-28(6)12-3)47-37(14-5)49-27-32(22-24-50)44-23-11-2/h4,14-19,26,28-29,32,34-36,39,44,50H,10-12,20-24,27,43H2,1-3,5-9H3,(H,46,47)/b19-15-,37-14+,38-33-/t28-,29?,32-,34?,35?,36?,39?/m1/s1. The molecule has 4 N–H and O–H groups in total. The minimum Gasteiger partial charge on any atom is -0.478 e. The Labute approximate surface area is 308 Å². The van der Waals surface area contributed by atoms with Gasteiger partial charge in [-0.15, -0.1) is 6.42 Å². The Balaban J connectivity index is 2.66. The summed E-state index contributed by atoms with van der Waals surface area (Å²) in [5.74, 6) is 4.96. The van der Waals surface area contributed by atoms with E-state index in [9.17, 15) is 5.26 Å². The molecule has 0 saturated carbocycles. The summed E-state index contributed by atoms with van der Waals surface area (Å²) in [6, 6.07) is 1.59.